The number of halogens is 4. The molecule has 0 heterocycles. The van der Waals surface area contributed by atoms with Gasteiger partial charge in [0.15, 0.2) is 6.61 Å². The van der Waals surface area contributed by atoms with Crippen molar-refractivity contribution in [2.75, 3.05) is 19.7 Å². The standard InChI is InChI=1S/C12H12F4N2O5S/c13-8-3-1-2-4-9(8)24(21,22)18-5-11(20)23-6-10(19)17-7-12(14,15)16/h1-4,18H,5-7H2,(H,17,19). The molecule has 0 aromatic heterocycles. The minimum Gasteiger partial charge on any atom is -0.455 e. The van der Waals surface area contributed by atoms with Gasteiger partial charge in [0.1, 0.15) is 23.8 Å². The molecule has 12 heteroatoms. The molecule has 0 unspecified atom stereocenters. The van der Waals surface area contributed by atoms with E-state index >= 15 is 0 Å². The van der Waals surface area contributed by atoms with Gasteiger partial charge in [0.05, 0.1) is 0 Å². The third kappa shape index (κ3) is 6.91. The van der Waals surface area contributed by atoms with E-state index in [1.807, 2.05) is 0 Å². The zero-order valence-electron chi connectivity index (χ0n) is 11.9. The molecule has 24 heavy (non-hydrogen) atoms. The number of ether oxygens (including phenoxy) is 1. The van der Waals surface area contributed by atoms with E-state index in [9.17, 15) is 35.6 Å². The zero-order valence-corrected chi connectivity index (χ0v) is 12.7. The van der Waals surface area contributed by atoms with Gasteiger partial charge >= 0.3 is 12.1 Å². The predicted octanol–water partition coefficient (Wildman–Crippen LogP) is 0.326. The molecular formula is C12H12F4N2O5S. The molecule has 1 rings (SSSR count). The fourth-order valence-electron chi connectivity index (χ4n) is 1.34. The maximum atomic E-state index is 13.4. The van der Waals surface area contributed by atoms with E-state index in [4.69, 9.17) is 0 Å². The van der Waals surface area contributed by atoms with Crippen molar-refractivity contribution in [3.63, 3.8) is 0 Å². The lowest BCUT2D eigenvalue weighted by Crippen LogP contribution is -2.37. The molecule has 0 aliphatic rings. The first kappa shape index (κ1) is 19.8. The second kappa shape index (κ2) is 8.06. The highest BCUT2D eigenvalue weighted by Gasteiger charge is 2.28. The summed E-state index contributed by atoms with van der Waals surface area (Å²) in [7, 11) is -4.33. The Balaban J connectivity index is 2.44. The molecule has 0 fully saturated rings. The highest BCUT2D eigenvalue weighted by atomic mass is 32.2. The van der Waals surface area contributed by atoms with Crippen LogP contribution < -0.4 is 10.0 Å². The minimum atomic E-state index is -4.62. The van der Waals surface area contributed by atoms with Gasteiger partial charge in [-0.3, -0.25) is 9.59 Å². The van der Waals surface area contributed by atoms with Gasteiger partial charge in [0.2, 0.25) is 10.0 Å². The molecule has 7 nitrogen and oxygen atoms in total. The van der Waals surface area contributed by atoms with E-state index in [0.717, 1.165) is 12.1 Å². The smallest absolute Gasteiger partial charge is 0.405 e. The number of hydrogen-bond donors (Lipinski definition) is 2. The lowest BCUT2D eigenvalue weighted by atomic mass is 10.4. The van der Waals surface area contributed by atoms with Crippen molar-refractivity contribution in [2.45, 2.75) is 11.1 Å². The maximum Gasteiger partial charge on any atom is 0.405 e. The van der Waals surface area contributed by atoms with Gasteiger partial charge in [-0.2, -0.15) is 17.9 Å². The van der Waals surface area contributed by atoms with Crippen molar-refractivity contribution in [2.24, 2.45) is 0 Å². The number of esters is 1. The van der Waals surface area contributed by atoms with Crippen LogP contribution in [0.2, 0.25) is 0 Å². The number of sulfonamides is 1. The van der Waals surface area contributed by atoms with E-state index in [1.165, 1.54) is 17.4 Å². The molecule has 0 radical (unpaired) electrons. The quantitative estimate of drug-likeness (QED) is 0.530. The minimum absolute atomic E-state index is 0.694. The summed E-state index contributed by atoms with van der Waals surface area (Å²) in [5.41, 5.74) is 0. The summed E-state index contributed by atoms with van der Waals surface area (Å²) in [5.74, 6) is -3.47. The summed E-state index contributed by atoms with van der Waals surface area (Å²) in [6, 6.07) is 4.40. The predicted molar refractivity (Wildman–Crippen MR) is 71.6 cm³/mol. The van der Waals surface area contributed by atoms with Crippen LogP contribution in [0, 0.1) is 5.82 Å². The summed E-state index contributed by atoms with van der Waals surface area (Å²) in [5, 5.41) is 1.45. The molecule has 1 aromatic carbocycles. The summed E-state index contributed by atoms with van der Waals surface area (Å²) < 4.78 is 78.4. The molecule has 0 saturated carbocycles. The van der Waals surface area contributed by atoms with Crippen molar-refractivity contribution in [3.8, 4) is 0 Å². The highest BCUT2D eigenvalue weighted by molar-refractivity contribution is 7.89. The average Bonchev–Trinajstić information content (AvgIpc) is 2.48. The molecule has 0 aliphatic carbocycles. The third-order valence-electron chi connectivity index (χ3n) is 2.38. The molecule has 0 spiro atoms. The molecule has 0 saturated heterocycles. The molecule has 0 aliphatic heterocycles. The van der Waals surface area contributed by atoms with E-state index in [0.29, 0.717) is 0 Å². The monoisotopic (exact) mass is 372 g/mol. The summed E-state index contributed by atoms with van der Waals surface area (Å²) in [6.07, 6.45) is -4.62. The van der Waals surface area contributed by atoms with Gasteiger partial charge in [-0.15, -0.1) is 0 Å². The number of rotatable bonds is 7. The van der Waals surface area contributed by atoms with Gasteiger partial charge < -0.3 is 10.1 Å². The van der Waals surface area contributed by atoms with Crippen molar-refractivity contribution < 1.29 is 40.3 Å². The van der Waals surface area contributed by atoms with Crippen LogP contribution >= 0.6 is 0 Å². The van der Waals surface area contributed by atoms with E-state index in [2.05, 4.69) is 4.74 Å². The normalized spacial score (nSPS) is 11.8. The van der Waals surface area contributed by atoms with Crippen molar-refractivity contribution in [1.29, 1.82) is 0 Å². The first-order valence-electron chi connectivity index (χ1n) is 6.24. The van der Waals surface area contributed by atoms with Crippen molar-refractivity contribution in [1.82, 2.24) is 10.0 Å². The van der Waals surface area contributed by atoms with Gasteiger partial charge in [-0.25, -0.2) is 12.8 Å². The lowest BCUT2D eigenvalue weighted by Gasteiger charge is -2.09. The molecule has 1 amide bonds. The molecular weight excluding hydrogens is 360 g/mol. The van der Waals surface area contributed by atoms with Crippen molar-refractivity contribution in [3.05, 3.63) is 30.1 Å². The van der Waals surface area contributed by atoms with E-state index < -0.39 is 58.5 Å². The van der Waals surface area contributed by atoms with Crippen LogP contribution in [0.4, 0.5) is 17.6 Å². The maximum absolute atomic E-state index is 13.4. The summed E-state index contributed by atoms with van der Waals surface area (Å²) in [4.78, 5) is 21.6. The Labute approximate surface area is 134 Å². The Kier molecular flexibility index (Phi) is 6.66. The number of carbonyl (C=O) groups is 2. The summed E-state index contributed by atoms with van der Waals surface area (Å²) in [6.45, 7) is -3.54. The summed E-state index contributed by atoms with van der Waals surface area (Å²) >= 11 is 0. The molecule has 0 atom stereocenters. The Morgan fingerprint density at radius 2 is 1.79 bits per heavy atom. The third-order valence-corrected chi connectivity index (χ3v) is 3.82. The Morgan fingerprint density at radius 1 is 1.17 bits per heavy atom. The highest BCUT2D eigenvalue weighted by Crippen LogP contribution is 2.13. The lowest BCUT2D eigenvalue weighted by molar-refractivity contribution is -0.150. The largest absolute Gasteiger partial charge is 0.455 e. The van der Waals surface area contributed by atoms with Crippen LogP contribution in [0.15, 0.2) is 29.2 Å². The number of hydrogen-bond acceptors (Lipinski definition) is 5. The van der Waals surface area contributed by atoms with Gasteiger partial charge in [0, 0.05) is 0 Å². The first-order valence-corrected chi connectivity index (χ1v) is 7.73. The number of nitrogens with one attached hydrogen (secondary N) is 2. The van der Waals surface area contributed by atoms with E-state index in [1.54, 1.807) is 4.72 Å². The number of amides is 1. The Bertz CT molecular complexity index is 706. The second-order valence-corrected chi connectivity index (χ2v) is 6.04. The van der Waals surface area contributed by atoms with Crippen LogP contribution in [-0.4, -0.2) is 46.2 Å². The molecule has 0 bridgehead atoms. The first-order chi connectivity index (χ1) is 11.0. The second-order valence-electron chi connectivity index (χ2n) is 4.31. The fraction of sp³-hybridized carbons (Fsp3) is 0.333. The molecule has 2 N–H and O–H groups in total. The van der Waals surface area contributed by atoms with Crippen LogP contribution in [0.25, 0.3) is 0 Å². The van der Waals surface area contributed by atoms with E-state index in [-0.39, 0.29) is 0 Å². The van der Waals surface area contributed by atoms with Crippen molar-refractivity contribution >= 4 is 21.9 Å². The number of alkyl halides is 3. The Morgan fingerprint density at radius 3 is 2.38 bits per heavy atom. The zero-order chi connectivity index (χ0) is 18.4. The molecule has 1 aromatic rings. The Hall–Kier alpha value is -2.21. The van der Waals surface area contributed by atoms with Crippen LogP contribution in [0.1, 0.15) is 0 Å². The topological polar surface area (TPSA) is 102 Å². The van der Waals surface area contributed by atoms with Crippen LogP contribution in [0.3, 0.4) is 0 Å². The fourth-order valence-corrected chi connectivity index (χ4v) is 2.39. The SMILES string of the molecule is O=C(COC(=O)CNS(=O)(=O)c1ccccc1F)NCC(F)(F)F. The van der Waals surface area contributed by atoms with Crippen LogP contribution in [-0.2, 0) is 24.3 Å². The van der Waals surface area contributed by atoms with Gasteiger partial charge in [0.25, 0.3) is 5.91 Å². The number of carbonyl (C=O) groups excluding carboxylic acids is 2. The van der Waals surface area contributed by atoms with Crippen LogP contribution in [0.5, 0.6) is 0 Å². The van der Waals surface area contributed by atoms with Gasteiger partial charge in [-0.1, -0.05) is 12.1 Å². The number of benzene rings is 1. The molecule has 134 valence electrons. The van der Waals surface area contributed by atoms with Gasteiger partial charge in [-0.05, 0) is 12.1 Å². The average molecular weight is 372 g/mol.